The molecule has 1 heterocycles. The number of rotatable bonds is 4. The SMILES string of the molecule is Cc1cc(C)n(CC(C(=O)NN)c2ccccc2)n1. The van der Waals surface area contributed by atoms with Crippen LogP contribution in [0.15, 0.2) is 36.4 Å². The number of amides is 1. The van der Waals surface area contributed by atoms with Crippen LogP contribution >= 0.6 is 0 Å². The van der Waals surface area contributed by atoms with Gasteiger partial charge in [0.1, 0.15) is 0 Å². The Bertz CT molecular complexity index is 562. The number of aryl methyl sites for hydroxylation is 2. The number of carbonyl (C=O) groups excluding carboxylic acids is 1. The first-order valence-electron chi connectivity index (χ1n) is 6.18. The van der Waals surface area contributed by atoms with E-state index in [1.165, 1.54) is 0 Å². The Labute approximate surface area is 112 Å². The fraction of sp³-hybridized carbons (Fsp3) is 0.286. The third kappa shape index (κ3) is 3.00. The summed E-state index contributed by atoms with van der Waals surface area (Å²) in [5.74, 6) is 4.73. The molecular weight excluding hydrogens is 240 g/mol. The number of hydrazine groups is 1. The summed E-state index contributed by atoms with van der Waals surface area (Å²) in [6, 6.07) is 11.6. The zero-order valence-electron chi connectivity index (χ0n) is 11.1. The van der Waals surface area contributed by atoms with Crippen molar-refractivity contribution in [2.45, 2.75) is 26.3 Å². The van der Waals surface area contributed by atoms with Crippen molar-refractivity contribution in [3.05, 3.63) is 53.3 Å². The van der Waals surface area contributed by atoms with E-state index in [1.807, 2.05) is 54.9 Å². The highest BCUT2D eigenvalue weighted by Gasteiger charge is 2.21. The van der Waals surface area contributed by atoms with Gasteiger partial charge in [-0.05, 0) is 25.5 Å². The molecule has 5 heteroatoms. The molecule has 0 radical (unpaired) electrons. The molecule has 1 amide bonds. The molecule has 1 aromatic carbocycles. The molecule has 0 aliphatic heterocycles. The van der Waals surface area contributed by atoms with Crippen LogP contribution in [0.4, 0.5) is 0 Å². The maximum Gasteiger partial charge on any atom is 0.243 e. The van der Waals surface area contributed by atoms with Gasteiger partial charge in [-0.3, -0.25) is 14.9 Å². The van der Waals surface area contributed by atoms with Crippen molar-refractivity contribution in [1.29, 1.82) is 0 Å². The molecule has 0 aliphatic rings. The van der Waals surface area contributed by atoms with Crippen LogP contribution in [0, 0.1) is 13.8 Å². The molecule has 0 aliphatic carbocycles. The third-order valence-corrected chi connectivity index (χ3v) is 3.12. The number of aromatic nitrogens is 2. The molecule has 0 saturated heterocycles. The van der Waals surface area contributed by atoms with Crippen LogP contribution in [-0.4, -0.2) is 15.7 Å². The van der Waals surface area contributed by atoms with E-state index in [9.17, 15) is 4.79 Å². The first-order chi connectivity index (χ1) is 9.11. The molecule has 2 aromatic rings. The molecular formula is C14H18N4O. The van der Waals surface area contributed by atoms with E-state index in [0.717, 1.165) is 17.0 Å². The molecule has 0 bridgehead atoms. The zero-order chi connectivity index (χ0) is 13.8. The van der Waals surface area contributed by atoms with Crippen molar-refractivity contribution in [2.75, 3.05) is 0 Å². The lowest BCUT2D eigenvalue weighted by atomic mass is 9.98. The number of nitrogens with zero attached hydrogens (tertiary/aromatic N) is 2. The molecule has 19 heavy (non-hydrogen) atoms. The van der Waals surface area contributed by atoms with Gasteiger partial charge in [0.05, 0.1) is 18.2 Å². The van der Waals surface area contributed by atoms with Gasteiger partial charge in [0.25, 0.3) is 0 Å². The summed E-state index contributed by atoms with van der Waals surface area (Å²) >= 11 is 0. The van der Waals surface area contributed by atoms with E-state index in [4.69, 9.17) is 5.84 Å². The average Bonchev–Trinajstić information content (AvgIpc) is 2.74. The van der Waals surface area contributed by atoms with E-state index < -0.39 is 0 Å². The summed E-state index contributed by atoms with van der Waals surface area (Å²) in [4.78, 5) is 12.0. The first kappa shape index (κ1) is 13.3. The normalized spacial score (nSPS) is 12.2. The van der Waals surface area contributed by atoms with Crippen molar-refractivity contribution in [3.8, 4) is 0 Å². The van der Waals surface area contributed by atoms with E-state index in [1.54, 1.807) is 0 Å². The van der Waals surface area contributed by atoms with Crippen molar-refractivity contribution in [1.82, 2.24) is 15.2 Å². The summed E-state index contributed by atoms with van der Waals surface area (Å²) in [5, 5.41) is 4.39. The predicted molar refractivity (Wildman–Crippen MR) is 73.2 cm³/mol. The van der Waals surface area contributed by atoms with Crippen LogP contribution in [0.25, 0.3) is 0 Å². The highest BCUT2D eigenvalue weighted by molar-refractivity contribution is 5.82. The van der Waals surface area contributed by atoms with Crippen LogP contribution in [0.3, 0.4) is 0 Å². The monoisotopic (exact) mass is 258 g/mol. The fourth-order valence-corrected chi connectivity index (χ4v) is 2.16. The molecule has 1 unspecified atom stereocenters. The minimum atomic E-state index is -0.343. The van der Waals surface area contributed by atoms with E-state index >= 15 is 0 Å². The van der Waals surface area contributed by atoms with Crippen LogP contribution in [-0.2, 0) is 11.3 Å². The molecule has 1 aromatic heterocycles. The Morgan fingerprint density at radius 2 is 2.05 bits per heavy atom. The molecule has 100 valence electrons. The lowest BCUT2D eigenvalue weighted by molar-refractivity contribution is -0.123. The second kappa shape index (κ2) is 5.67. The quantitative estimate of drug-likeness (QED) is 0.493. The molecule has 1 atom stereocenters. The van der Waals surface area contributed by atoms with Crippen molar-refractivity contribution < 1.29 is 4.79 Å². The summed E-state index contributed by atoms with van der Waals surface area (Å²) in [5.41, 5.74) is 5.13. The topological polar surface area (TPSA) is 72.9 Å². The number of benzene rings is 1. The molecule has 0 fully saturated rings. The van der Waals surface area contributed by atoms with Crippen molar-refractivity contribution in [3.63, 3.8) is 0 Å². The Balaban J connectivity index is 2.29. The van der Waals surface area contributed by atoms with Gasteiger partial charge >= 0.3 is 0 Å². The molecule has 3 N–H and O–H groups in total. The highest BCUT2D eigenvalue weighted by Crippen LogP contribution is 2.19. The number of hydrogen-bond acceptors (Lipinski definition) is 3. The van der Waals surface area contributed by atoms with Gasteiger partial charge in [0.15, 0.2) is 0 Å². The maximum absolute atomic E-state index is 12.0. The Morgan fingerprint density at radius 1 is 1.37 bits per heavy atom. The lowest BCUT2D eigenvalue weighted by Crippen LogP contribution is -2.36. The zero-order valence-corrected chi connectivity index (χ0v) is 11.1. The van der Waals surface area contributed by atoms with Gasteiger partial charge in [-0.25, -0.2) is 5.84 Å². The Morgan fingerprint density at radius 3 is 2.58 bits per heavy atom. The minimum Gasteiger partial charge on any atom is -0.294 e. The number of carbonyl (C=O) groups is 1. The van der Waals surface area contributed by atoms with Crippen molar-refractivity contribution >= 4 is 5.91 Å². The molecule has 0 saturated carbocycles. The lowest BCUT2D eigenvalue weighted by Gasteiger charge is -2.16. The van der Waals surface area contributed by atoms with Crippen LogP contribution in [0.1, 0.15) is 22.9 Å². The first-order valence-corrected chi connectivity index (χ1v) is 6.18. The number of hydrogen-bond donors (Lipinski definition) is 2. The second-order valence-corrected chi connectivity index (χ2v) is 4.58. The minimum absolute atomic E-state index is 0.209. The standard InChI is InChI=1S/C14H18N4O/c1-10-8-11(2)18(17-10)9-13(14(19)16-15)12-6-4-3-5-7-12/h3-8,13H,9,15H2,1-2H3,(H,16,19). The van der Waals surface area contributed by atoms with Crippen LogP contribution in [0.5, 0.6) is 0 Å². The molecule has 0 spiro atoms. The van der Waals surface area contributed by atoms with E-state index in [0.29, 0.717) is 6.54 Å². The van der Waals surface area contributed by atoms with Gasteiger partial charge in [-0.15, -0.1) is 0 Å². The highest BCUT2D eigenvalue weighted by atomic mass is 16.2. The summed E-state index contributed by atoms with van der Waals surface area (Å²) < 4.78 is 1.84. The van der Waals surface area contributed by atoms with Gasteiger partial charge in [0, 0.05) is 5.69 Å². The smallest absolute Gasteiger partial charge is 0.243 e. The Hall–Kier alpha value is -2.14. The van der Waals surface area contributed by atoms with Crippen LogP contribution < -0.4 is 11.3 Å². The van der Waals surface area contributed by atoms with Gasteiger partial charge in [-0.1, -0.05) is 30.3 Å². The second-order valence-electron chi connectivity index (χ2n) is 4.58. The van der Waals surface area contributed by atoms with Gasteiger partial charge in [-0.2, -0.15) is 5.10 Å². The fourth-order valence-electron chi connectivity index (χ4n) is 2.16. The van der Waals surface area contributed by atoms with Gasteiger partial charge < -0.3 is 0 Å². The number of nitrogens with one attached hydrogen (secondary N) is 1. The largest absolute Gasteiger partial charge is 0.294 e. The molecule has 2 rings (SSSR count). The van der Waals surface area contributed by atoms with Crippen LogP contribution in [0.2, 0.25) is 0 Å². The third-order valence-electron chi connectivity index (χ3n) is 3.12. The summed E-state index contributed by atoms with van der Waals surface area (Å²) in [6.07, 6.45) is 0. The number of nitrogens with two attached hydrogens (primary N) is 1. The summed E-state index contributed by atoms with van der Waals surface area (Å²) in [7, 11) is 0. The summed E-state index contributed by atoms with van der Waals surface area (Å²) in [6.45, 7) is 4.39. The predicted octanol–water partition coefficient (Wildman–Crippen LogP) is 1.27. The van der Waals surface area contributed by atoms with E-state index in [2.05, 4.69) is 10.5 Å². The van der Waals surface area contributed by atoms with Gasteiger partial charge in [0.2, 0.25) is 5.91 Å². The average molecular weight is 258 g/mol. The maximum atomic E-state index is 12.0. The van der Waals surface area contributed by atoms with Crippen molar-refractivity contribution in [2.24, 2.45) is 5.84 Å². The molecule has 5 nitrogen and oxygen atoms in total. The van der Waals surface area contributed by atoms with E-state index in [-0.39, 0.29) is 11.8 Å². The Kier molecular flexibility index (Phi) is 3.97.